The normalized spacial score (nSPS) is 14.3. The number of hydrogen-bond donors (Lipinski definition) is 1. The van der Waals surface area contributed by atoms with Crippen LogP contribution in [-0.2, 0) is 4.79 Å². The van der Waals surface area contributed by atoms with Gasteiger partial charge in [0.1, 0.15) is 6.54 Å². The monoisotopic (exact) mass is 222 g/mol. The van der Waals surface area contributed by atoms with E-state index in [1.54, 1.807) is 4.90 Å². The highest BCUT2D eigenvalue weighted by molar-refractivity contribution is 5.80. The van der Waals surface area contributed by atoms with E-state index in [2.05, 4.69) is 5.92 Å². The number of carboxylic acids is 1. The van der Waals surface area contributed by atoms with Gasteiger partial charge in [0.05, 0.1) is 6.54 Å². The van der Waals surface area contributed by atoms with Gasteiger partial charge in [0.25, 0.3) is 0 Å². The first-order valence-electron chi connectivity index (χ1n) is 4.99. The molecule has 1 rings (SSSR count). The first-order valence-corrected chi connectivity index (χ1v) is 4.99. The molecule has 0 saturated heterocycles. The molecule has 0 spiro atoms. The summed E-state index contributed by atoms with van der Waals surface area (Å²) in [6.45, 7) is 0.782. The maximum atomic E-state index is 11.9. The van der Waals surface area contributed by atoms with Crippen LogP contribution in [0.15, 0.2) is 12.2 Å². The number of urea groups is 1. The van der Waals surface area contributed by atoms with E-state index in [0.29, 0.717) is 13.1 Å². The van der Waals surface area contributed by atoms with Crippen LogP contribution in [0.25, 0.3) is 0 Å². The van der Waals surface area contributed by atoms with E-state index >= 15 is 0 Å². The van der Waals surface area contributed by atoms with Crippen LogP contribution in [0.1, 0.15) is 6.42 Å². The van der Waals surface area contributed by atoms with Gasteiger partial charge in [0.15, 0.2) is 0 Å². The van der Waals surface area contributed by atoms with Crippen LogP contribution < -0.4 is 0 Å². The van der Waals surface area contributed by atoms with Crippen molar-refractivity contribution in [1.29, 1.82) is 0 Å². The third-order valence-electron chi connectivity index (χ3n) is 2.21. The van der Waals surface area contributed by atoms with Crippen LogP contribution >= 0.6 is 0 Å². The van der Waals surface area contributed by atoms with Crippen LogP contribution in [0, 0.1) is 12.3 Å². The van der Waals surface area contributed by atoms with Crippen molar-refractivity contribution in [1.82, 2.24) is 9.80 Å². The van der Waals surface area contributed by atoms with Crippen molar-refractivity contribution in [2.24, 2.45) is 0 Å². The third kappa shape index (κ3) is 3.31. The number of amides is 2. The summed E-state index contributed by atoms with van der Waals surface area (Å²) in [4.78, 5) is 25.2. The summed E-state index contributed by atoms with van der Waals surface area (Å²) in [7, 11) is 0. The molecule has 16 heavy (non-hydrogen) atoms. The van der Waals surface area contributed by atoms with Gasteiger partial charge in [-0.1, -0.05) is 18.1 Å². The Labute approximate surface area is 94.3 Å². The summed E-state index contributed by atoms with van der Waals surface area (Å²) in [5.74, 6) is 1.23. The van der Waals surface area contributed by atoms with Gasteiger partial charge in [-0.05, 0) is 6.42 Å². The van der Waals surface area contributed by atoms with Crippen LogP contribution in [-0.4, -0.2) is 53.1 Å². The van der Waals surface area contributed by atoms with Crippen molar-refractivity contribution in [3.63, 3.8) is 0 Å². The fourth-order valence-corrected chi connectivity index (χ4v) is 1.48. The third-order valence-corrected chi connectivity index (χ3v) is 2.21. The fourth-order valence-electron chi connectivity index (χ4n) is 1.48. The van der Waals surface area contributed by atoms with Gasteiger partial charge in [-0.25, -0.2) is 4.79 Å². The number of rotatable bonds is 3. The minimum Gasteiger partial charge on any atom is -0.480 e. The lowest BCUT2D eigenvalue weighted by atomic mass is 10.2. The van der Waals surface area contributed by atoms with Gasteiger partial charge in [-0.3, -0.25) is 4.79 Å². The van der Waals surface area contributed by atoms with Crippen molar-refractivity contribution in [2.45, 2.75) is 6.42 Å². The molecule has 0 unspecified atom stereocenters. The van der Waals surface area contributed by atoms with Crippen molar-refractivity contribution < 1.29 is 14.7 Å². The molecule has 5 heteroatoms. The average Bonchev–Trinajstić information content (AvgIpc) is 2.28. The zero-order valence-electron chi connectivity index (χ0n) is 8.93. The minimum absolute atomic E-state index is 0.0192. The molecule has 5 nitrogen and oxygen atoms in total. The van der Waals surface area contributed by atoms with E-state index in [1.807, 2.05) is 12.2 Å². The Hall–Kier alpha value is -1.96. The first kappa shape index (κ1) is 12.1. The van der Waals surface area contributed by atoms with Crippen molar-refractivity contribution in [3.05, 3.63) is 12.2 Å². The van der Waals surface area contributed by atoms with Gasteiger partial charge in [0, 0.05) is 13.1 Å². The lowest BCUT2D eigenvalue weighted by molar-refractivity contribution is -0.137. The summed E-state index contributed by atoms with van der Waals surface area (Å²) in [6.07, 6.45) is 9.78. The quantitative estimate of drug-likeness (QED) is 0.555. The van der Waals surface area contributed by atoms with Crippen LogP contribution in [0.2, 0.25) is 0 Å². The second-order valence-electron chi connectivity index (χ2n) is 3.44. The summed E-state index contributed by atoms with van der Waals surface area (Å²) < 4.78 is 0. The van der Waals surface area contributed by atoms with Crippen LogP contribution in [0.4, 0.5) is 4.79 Å². The zero-order chi connectivity index (χ0) is 12.0. The molecular weight excluding hydrogens is 208 g/mol. The second-order valence-corrected chi connectivity index (χ2v) is 3.44. The molecule has 0 radical (unpaired) electrons. The number of terminal acetylenes is 1. The zero-order valence-corrected chi connectivity index (χ0v) is 8.93. The Morgan fingerprint density at radius 2 is 2.25 bits per heavy atom. The molecule has 2 amide bonds. The molecule has 1 heterocycles. The molecule has 86 valence electrons. The van der Waals surface area contributed by atoms with E-state index in [-0.39, 0.29) is 19.1 Å². The Bertz CT molecular complexity index is 344. The predicted molar refractivity (Wildman–Crippen MR) is 58.8 cm³/mol. The van der Waals surface area contributed by atoms with E-state index < -0.39 is 5.97 Å². The Morgan fingerprint density at radius 3 is 2.75 bits per heavy atom. The number of carbonyl (C=O) groups excluding carboxylic acids is 1. The van der Waals surface area contributed by atoms with E-state index in [1.165, 1.54) is 0 Å². The average molecular weight is 222 g/mol. The van der Waals surface area contributed by atoms with Crippen molar-refractivity contribution in [2.75, 3.05) is 26.2 Å². The summed E-state index contributed by atoms with van der Waals surface area (Å²) >= 11 is 0. The van der Waals surface area contributed by atoms with Gasteiger partial charge in [0.2, 0.25) is 0 Å². The largest absolute Gasteiger partial charge is 0.480 e. The highest BCUT2D eigenvalue weighted by Gasteiger charge is 2.21. The number of hydrogen-bond acceptors (Lipinski definition) is 2. The van der Waals surface area contributed by atoms with E-state index in [0.717, 1.165) is 11.3 Å². The van der Waals surface area contributed by atoms with E-state index in [9.17, 15) is 9.59 Å². The van der Waals surface area contributed by atoms with Crippen molar-refractivity contribution >= 4 is 12.0 Å². The van der Waals surface area contributed by atoms with Gasteiger partial charge in [-0.2, -0.15) is 0 Å². The topological polar surface area (TPSA) is 60.9 Å². The van der Waals surface area contributed by atoms with Crippen molar-refractivity contribution in [3.8, 4) is 12.3 Å². The van der Waals surface area contributed by atoms with Crippen LogP contribution in [0.3, 0.4) is 0 Å². The highest BCUT2D eigenvalue weighted by Crippen LogP contribution is 2.05. The fraction of sp³-hybridized carbons (Fsp3) is 0.455. The maximum Gasteiger partial charge on any atom is 0.323 e. The van der Waals surface area contributed by atoms with Crippen LogP contribution in [0.5, 0.6) is 0 Å². The summed E-state index contributed by atoms with van der Waals surface area (Å²) in [5.41, 5.74) is 0. The van der Waals surface area contributed by atoms with E-state index in [4.69, 9.17) is 11.5 Å². The number of carboxylic acid groups (broad SMARTS) is 1. The molecule has 0 atom stereocenters. The molecule has 0 bridgehead atoms. The molecule has 1 aliphatic rings. The number of nitrogens with zero attached hydrogens (tertiary/aromatic N) is 2. The lowest BCUT2D eigenvalue weighted by Gasteiger charge is -2.29. The number of carbonyl (C=O) groups is 2. The molecule has 0 aromatic heterocycles. The molecule has 0 aliphatic carbocycles. The molecule has 0 fully saturated rings. The Balaban J connectivity index is 2.62. The summed E-state index contributed by atoms with van der Waals surface area (Å²) in [5, 5.41) is 8.66. The van der Waals surface area contributed by atoms with Gasteiger partial charge in [-0.15, -0.1) is 6.42 Å². The Morgan fingerprint density at radius 1 is 1.50 bits per heavy atom. The smallest absolute Gasteiger partial charge is 0.323 e. The van der Waals surface area contributed by atoms with Gasteiger partial charge >= 0.3 is 12.0 Å². The predicted octanol–water partition coefficient (Wildman–Crippen LogP) is 0.388. The Kier molecular flexibility index (Phi) is 4.40. The second kappa shape index (κ2) is 5.81. The molecular formula is C11H14N2O3. The molecule has 1 aliphatic heterocycles. The lowest BCUT2D eigenvalue weighted by Crippen LogP contribution is -2.46. The maximum absolute atomic E-state index is 11.9. The molecule has 0 saturated carbocycles. The molecule has 0 aromatic carbocycles. The van der Waals surface area contributed by atoms with Gasteiger partial charge < -0.3 is 14.9 Å². The first-order chi connectivity index (χ1) is 7.65. The highest BCUT2D eigenvalue weighted by atomic mass is 16.4. The minimum atomic E-state index is -1.06. The summed E-state index contributed by atoms with van der Waals surface area (Å²) in [6, 6.07) is -0.315. The standard InChI is InChI=1S/C11H14N2O3/c1-2-6-13(9-10(14)15)11(16)12-7-4-3-5-8-12/h1,3-4H,5-9H2,(H,14,15). The molecule has 0 aromatic rings. The number of aliphatic carboxylic acids is 1. The SMILES string of the molecule is C#CCN(CC(=O)O)C(=O)N1CC=CCC1. The molecule has 1 N–H and O–H groups in total.